The van der Waals surface area contributed by atoms with Crippen molar-refractivity contribution in [1.29, 1.82) is 0 Å². The molecule has 0 atom stereocenters. The highest BCUT2D eigenvalue weighted by atomic mass is 32.2. The lowest BCUT2D eigenvalue weighted by Gasteiger charge is -2.16. The Kier molecular flexibility index (Phi) is 6.51. The largest absolute Gasteiger partial charge is 0.325 e. The van der Waals surface area contributed by atoms with Crippen LogP contribution in [-0.2, 0) is 20.6 Å². The van der Waals surface area contributed by atoms with Crippen molar-refractivity contribution in [2.75, 3.05) is 24.2 Å². The molecule has 1 amide bonds. The van der Waals surface area contributed by atoms with Crippen LogP contribution in [0.4, 0.5) is 10.1 Å². The number of halogens is 1. The van der Waals surface area contributed by atoms with E-state index in [1.807, 2.05) is 0 Å². The van der Waals surface area contributed by atoms with Gasteiger partial charge in [0, 0.05) is 24.5 Å². The Morgan fingerprint density at radius 1 is 1.11 bits per heavy atom. The number of anilines is 1. The predicted molar refractivity (Wildman–Crippen MR) is 106 cm³/mol. The summed E-state index contributed by atoms with van der Waals surface area (Å²) in [4.78, 5) is 12.3. The maximum absolute atomic E-state index is 12.9. The molecule has 1 N–H and O–H groups in total. The van der Waals surface area contributed by atoms with Gasteiger partial charge in [-0.05, 0) is 48.7 Å². The number of carbonyl (C=O) groups excluding carboxylic acids is 1. The molecule has 2 aromatic carbocycles. The Balaban J connectivity index is 1.55. The number of nitrogens with one attached hydrogen (secondary N) is 1. The number of benzene rings is 2. The van der Waals surface area contributed by atoms with Crippen molar-refractivity contribution in [2.24, 2.45) is 0 Å². The van der Waals surface area contributed by atoms with E-state index in [-0.39, 0.29) is 22.4 Å². The molecule has 0 spiro atoms. The van der Waals surface area contributed by atoms with Gasteiger partial charge in [0.15, 0.2) is 0 Å². The number of amides is 1. The average molecular weight is 409 g/mol. The second-order valence-corrected chi connectivity index (χ2v) is 9.23. The summed E-state index contributed by atoms with van der Waals surface area (Å²) in [5.41, 5.74) is 1.40. The number of hydrogen-bond acceptors (Lipinski definition) is 4. The van der Waals surface area contributed by atoms with Crippen molar-refractivity contribution in [3.63, 3.8) is 0 Å². The van der Waals surface area contributed by atoms with Crippen LogP contribution in [-0.4, -0.2) is 37.5 Å². The zero-order valence-corrected chi connectivity index (χ0v) is 16.4. The van der Waals surface area contributed by atoms with E-state index in [0.29, 0.717) is 24.5 Å². The minimum atomic E-state index is -3.51. The van der Waals surface area contributed by atoms with Gasteiger partial charge in [-0.25, -0.2) is 12.8 Å². The lowest BCUT2D eigenvalue weighted by Crippen LogP contribution is -2.28. The molecule has 1 saturated heterocycles. The molecular formula is C19H21FN2O3S2. The molecule has 0 aromatic heterocycles. The molecule has 1 aliphatic heterocycles. The van der Waals surface area contributed by atoms with Gasteiger partial charge in [0.05, 0.1) is 10.6 Å². The lowest BCUT2D eigenvalue weighted by atomic mass is 10.2. The van der Waals surface area contributed by atoms with Crippen LogP contribution in [0, 0.1) is 5.82 Å². The molecule has 0 saturated carbocycles. The van der Waals surface area contributed by atoms with Gasteiger partial charge in [0.2, 0.25) is 15.9 Å². The molecule has 144 valence electrons. The van der Waals surface area contributed by atoms with E-state index in [2.05, 4.69) is 5.32 Å². The minimum Gasteiger partial charge on any atom is -0.325 e. The van der Waals surface area contributed by atoms with Gasteiger partial charge >= 0.3 is 0 Å². The van der Waals surface area contributed by atoms with E-state index in [0.717, 1.165) is 18.4 Å². The molecule has 1 fully saturated rings. The maximum atomic E-state index is 12.9. The standard InChI is InChI=1S/C19H21FN2O3S2/c20-16-8-6-15(7-9-16)13-26-14-19(23)21-17-4-3-5-18(12-17)27(24,25)22-10-1-2-11-22/h3-9,12H,1-2,10-11,13-14H2,(H,21,23). The Morgan fingerprint density at radius 2 is 1.81 bits per heavy atom. The van der Waals surface area contributed by atoms with Gasteiger partial charge < -0.3 is 5.32 Å². The Labute approximate surface area is 163 Å². The van der Waals surface area contributed by atoms with Crippen LogP contribution in [0.25, 0.3) is 0 Å². The highest BCUT2D eigenvalue weighted by Gasteiger charge is 2.27. The second kappa shape index (κ2) is 8.86. The first kappa shape index (κ1) is 19.9. The smallest absolute Gasteiger partial charge is 0.243 e. The van der Waals surface area contributed by atoms with Crippen LogP contribution in [0.15, 0.2) is 53.4 Å². The van der Waals surface area contributed by atoms with E-state index in [9.17, 15) is 17.6 Å². The predicted octanol–water partition coefficient (Wildman–Crippen LogP) is 3.48. The average Bonchev–Trinajstić information content (AvgIpc) is 3.19. The first-order valence-electron chi connectivity index (χ1n) is 8.67. The van der Waals surface area contributed by atoms with Crippen LogP contribution < -0.4 is 5.32 Å². The number of rotatable bonds is 7. The number of carbonyl (C=O) groups is 1. The maximum Gasteiger partial charge on any atom is 0.243 e. The first-order chi connectivity index (χ1) is 12.9. The van der Waals surface area contributed by atoms with Crippen LogP contribution >= 0.6 is 11.8 Å². The number of nitrogens with zero attached hydrogens (tertiary/aromatic N) is 1. The third kappa shape index (κ3) is 5.31. The number of hydrogen-bond donors (Lipinski definition) is 1. The first-order valence-corrected chi connectivity index (χ1v) is 11.3. The normalized spacial score (nSPS) is 15.0. The molecule has 2 aromatic rings. The fourth-order valence-electron chi connectivity index (χ4n) is 2.85. The summed E-state index contributed by atoms with van der Waals surface area (Å²) in [5.74, 6) is 0.320. The third-order valence-electron chi connectivity index (χ3n) is 4.24. The summed E-state index contributed by atoms with van der Waals surface area (Å²) in [5, 5.41) is 2.74. The SMILES string of the molecule is O=C(CSCc1ccc(F)cc1)Nc1cccc(S(=O)(=O)N2CCCC2)c1. The summed E-state index contributed by atoms with van der Waals surface area (Å²) >= 11 is 1.41. The Hall–Kier alpha value is -1.90. The Morgan fingerprint density at radius 3 is 2.52 bits per heavy atom. The van der Waals surface area contributed by atoms with Gasteiger partial charge in [0.1, 0.15) is 5.82 Å². The molecule has 1 heterocycles. The van der Waals surface area contributed by atoms with Gasteiger partial charge in [-0.3, -0.25) is 4.79 Å². The molecular weight excluding hydrogens is 387 g/mol. The third-order valence-corrected chi connectivity index (χ3v) is 7.13. The lowest BCUT2D eigenvalue weighted by molar-refractivity contribution is -0.113. The number of sulfonamides is 1. The Bertz CT molecular complexity index is 895. The van der Waals surface area contributed by atoms with Crippen LogP contribution in [0.2, 0.25) is 0 Å². The summed E-state index contributed by atoms with van der Waals surface area (Å²) < 4.78 is 39.6. The van der Waals surface area contributed by atoms with Crippen molar-refractivity contribution in [2.45, 2.75) is 23.5 Å². The molecule has 8 heteroatoms. The fourth-order valence-corrected chi connectivity index (χ4v) is 5.20. The molecule has 0 radical (unpaired) electrons. The van der Waals surface area contributed by atoms with Crippen molar-refractivity contribution in [1.82, 2.24) is 4.31 Å². The zero-order valence-electron chi connectivity index (χ0n) is 14.7. The fraction of sp³-hybridized carbons (Fsp3) is 0.316. The van der Waals surface area contributed by atoms with Gasteiger partial charge in [-0.1, -0.05) is 18.2 Å². The molecule has 0 bridgehead atoms. The quantitative estimate of drug-likeness (QED) is 0.762. The van der Waals surface area contributed by atoms with Crippen molar-refractivity contribution >= 4 is 33.4 Å². The minimum absolute atomic E-state index is 0.196. The van der Waals surface area contributed by atoms with Gasteiger partial charge in [-0.2, -0.15) is 4.31 Å². The van der Waals surface area contributed by atoms with E-state index < -0.39 is 10.0 Å². The van der Waals surface area contributed by atoms with E-state index in [1.54, 1.807) is 30.3 Å². The number of thioether (sulfide) groups is 1. The topological polar surface area (TPSA) is 66.5 Å². The molecule has 5 nitrogen and oxygen atoms in total. The summed E-state index contributed by atoms with van der Waals surface area (Å²) in [6, 6.07) is 12.5. The molecule has 1 aliphatic rings. The van der Waals surface area contributed by atoms with E-state index >= 15 is 0 Å². The highest BCUT2D eigenvalue weighted by molar-refractivity contribution is 7.99. The molecule has 0 unspecified atom stereocenters. The van der Waals surface area contributed by atoms with Crippen molar-refractivity contribution < 1.29 is 17.6 Å². The van der Waals surface area contributed by atoms with Crippen LogP contribution in [0.3, 0.4) is 0 Å². The highest BCUT2D eigenvalue weighted by Crippen LogP contribution is 2.23. The second-order valence-electron chi connectivity index (χ2n) is 6.31. The van der Waals surface area contributed by atoms with Crippen molar-refractivity contribution in [3.05, 3.63) is 59.9 Å². The van der Waals surface area contributed by atoms with Gasteiger partial charge in [-0.15, -0.1) is 11.8 Å². The molecule has 3 rings (SSSR count). The van der Waals surface area contributed by atoms with Crippen LogP contribution in [0.1, 0.15) is 18.4 Å². The summed E-state index contributed by atoms with van der Waals surface area (Å²) in [6.45, 7) is 1.08. The summed E-state index contributed by atoms with van der Waals surface area (Å²) in [6.07, 6.45) is 1.75. The van der Waals surface area contributed by atoms with Crippen molar-refractivity contribution in [3.8, 4) is 0 Å². The zero-order chi connectivity index (χ0) is 19.3. The molecule has 27 heavy (non-hydrogen) atoms. The van der Waals surface area contributed by atoms with Crippen LogP contribution in [0.5, 0.6) is 0 Å². The molecule has 0 aliphatic carbocycles. The van der Waals surface area contributed by atoms with Gasteiger partial charge in [0.25, 0.3) is 0 Å². The van der Waals surface area contributed by atoms with E-state index in [4.69, 9.17) is 0 Å². The monoisotopic (exact) mass is 408 g/mol. The summed E-state index contributed by atoms with van der Waals surface area (Å²) in [7, 11) is -3.51. The van der Waals surface area contributed by atoms with E-state index in [1.165, 1.54) is 34.3 Å².